The van der Waals surface area contributed by atoms with E-state index >= 15 is 0 Å². The molecule has 4 aliphatic carbocycles. The second-order valence-electron chi connectivity index (χ2n) is 8.23. The smallest absolute Gasteiger partial charge is 0.420 e. The zero-order valence-electron chi connectivity index (χ0n) is 14.4. The Morgan fingerprint density at radius 3 is 1.88 bits per heavy atom. The molecule has 0 spiro atoms. The van der Waals surface area contributed by atoms with Crippen LogP contribution in [0.1, 0.15) is 39.0 Å². The molecule has 0 radical (unpaired) electrons. The van der Waals surface area contributed by atoms with Crippen LogP contribution >= 0.6 is 0 Å². The molecule has 1 N–H and O–H groups in total. The van der Waals surface area contributed by atoms with Gasteiger partial charge in [0.1, 0.15) is 0 Å². The van der Waals surface area contributed by atoms with Crippen LogP contribution in [0.2, 0.25) is 0 Å². The van der Waals surface area contributed by atoms with Crippen LogP contribution in [0.25, 0.3) is 0 Å². The Labute approximate surface area is 148 Å². The average molecular weight is 382 g/mol. The highest BCUT2D eigenvalue weighted by molar-refractivity contribution is 5.87. The summed E-state index contributed by atoms with van der Waals surface area (Å²) >= 11 is 0. The molecule has 4 rings (SSSR count). The van der Waals surface area contributed by atoms with Crippen LogP contribution in [0.3, 0.4) is 0 Å². The molecule has 2 atom stereocenters. The number of aliphatic hydroxyl groups is 1. The second kappa shape index (κ2) is 6.46. The third-order valence-corrected chi connectivity index (χ3v) is 6.29. The van der Waals surface area contributed by atoms with Gasteiger partial charge in [0.05, 0.1) is 0 Å². The average Bonchev–Trinajstić information content (AvgIpc) is 2.50. The molecule has 0 aromatic carbocycles. The molecule has 0 aliphatic heterocycles. The number of hydrogen-bond donors (Lipinski definition) is 1. The topological polar surface area (TPSA) is 46.5 Å². The predicted molar refractivity (Wildman–Crippen MR) is 82.2 cm³/mol. The first-order valence-corrected chi connectivity index (χ1v) is 8.90. The van der Waals surface area contributed by atoms with Crippen LogP contribution in [0.4, 0.5) is 22.0 Å². The molecule has 0 aromatic heterocycles. The van der Waals surface area contributed by atoms with E-state index < -0.39 is 36.2 Å². The van der Waals surface area contributed by atoms with Crippen molar-refractivity contribution in [1.82, 2.24) is 0 Å². The molecule has 0 amide bonds. The van der Waals surface area contributed by atoms with Gasteiger partial charge in [-0.25, -0.2) is 4.79 Å². The van der Waals surface area contributed by atoms with Crippen LogP contribution in [0, 0.1) is 29.6 Å². The van der Waals surface area contributed by atoms with Crippen LogP contribution in [-0.4, -0.2) is 35.4 Å². The fourth-order valence-corrected chi connectivity index (χ4v) is 5.47. The Balaban J connectivity index is 1.93. The highest BCUT2D eigenvalue weighted by Crippen LogP contribution is 2.59. The lowest BCUT2D eigenvalue weighted by Crippen LogP contribution is -2.61. The molecular formula is C18H23F5O3. The summed E-state index contributed by atoms with van der Waals surface area (Å²) in [5.41, 5.74) is -0.170. The molecule has 26 heavy (non-hydrogen) atoms. The van der Waals surface area contributed by atoms with Gasteiger partial charge in [-0.1, -0.05) is 6.58 Å². The highest BCUT2D eigenvalue weighted by atomic mass is 19.4. The Kier molecular flexibility index (Phi) is 4.86. The summed E-state index contributed by atoms with van der Waals surface area (Å²) in [4.78, 5) is 11.9. The zero-order chi connectivity index (χ0) is 19.4. The zero-order valence-corrected chi connectivity index (χ0v) is 14.4. The minimum Gasteiger partial charge on any atom is -0.452 e. The molecule has 0 saturated heterocycles. The molecule has 4 saturated carbocycles. The van der Waals surface area contributed by atoms with E-state index in [1.54, 1.807) is 0 Å². The summed E-state index contributed by atoms with van der Waals surface area (Å²) in [6, 6.07) is 0. The van der Waals surface area contributed by atoms with Crippen molar-refractivity contribution in [3.05, 3.63) is 12.2 Å². The number of carbonyl (C=O) groups excluding carboxylic acids is 1. The maximum atomic E-state index is 14.7. The summed E-state index contributed by atoms with van der Waals surface area (Å²) in [5, 5.41) is 9.30. The van der Waals surface area contributed by atoms with Crippen molar-refractivity contribution >= 4 is 5.97 Å². The lowest BCUT2D eigenvalue weighted by atomic mass is 9.50. The van der Waals surface area contributed by atoms with E-state index in [2.05, 4.69) is 6.58 Å². The van der Waals surface area contributed by atoms with Gasteiger partial charge in [0.15, 0.2) is 6.10 Å². The first-order chi connectivity index (χ1) is 11.9. The number of ether oxygens (including phenoxy) is 1. The maximum Gasteiger partial charge on any atom is 0.420 e. The largest absolute Gasteiger partial charge is 0.452 e. The lowest BCUT2D eigenvalue weighted by Gasteiger charge is -2.56. The molecule has 2 unspecified atom stereocenters. The summed E-state index contributed by atoms with van der Waals surface area (Å²) in [5.74, 6) is -6.25. The van der Waals surface area contributed by atoms with E-state index in [-0.39, 0.29) is 17.4 Å². The van der Waals surface area contributed by atoms with Crippen LogP contribution in [0.5, 0.6) is 0 Å². The lowest BCUT2D eigenvalue weighted by molar-refractivity contribution is -0.305. The monoisotopic (exact) mass is 382 g/mol. The van der Waals surface area contributed by atoms with Gasteiger partial charge < -0.3 is 9.84 Å². The molecule has 0 heterocycles. The molecule has 3 nitrogen and oxygen atoms in total. The Morgan fingerprint density at radius 2 is 1.50 bits per heavy atom. The first kappa shape index (κ1) is 19.6. The van der Waals surface area contributed by atoms with Crippen molar-refractivity contribution in [1.29, 1.82) is 0 Å². The molecule has 148 valence electrons. The fourth-order valence-electron chi connectivity index (χ4n) is 5.47. The molecule has 8 heteroatoms. The van der Waals surface area contributed by atoms with Gasteiger partial charge in [0.25, 0.3) is 0 Å². The van der Waals surface area contributed by atoms with Crippen LogP contribution in [0.15, 0.2) is 12.2 Å². The van der Waals surface area contributed by atoms with Gasteiger partial charge >= 0.3 is 18.1 Å². The molecular weight excluding hydrogens is 359 g/mol. The number of esters is 1. The van der Waals surface area contributed by atoms with Gasteiger partial charge in [-0.3, -0.25) is 0 Å². The van der Waals surface area contributed by atoms with Gasteiger partial charge in [-0.15, -0.1) is 0 Å². The minimum absolute atomic E-state index is 0.170. The van der Waals surface area contributed by atoms with E-state index in [4.69, 9.17) is 4.74 Å². The highest BCUT2D eigenvalue weighted by Gasteiger charge is 2.65. The Hall–Kier alpha value is -1.18. The molecule has 4 aliphatic rings. The van der Waals surface area contributed by atoms with Crippen molar-refractivity contribution in [2.75, 3.05) is 0 Å². The van der Waals surface area contributed by atoms with Gasteiger partial charge in [0.2, 0.25) is 6.10 Å². The standard InChI is InChI=1S/C18H23F5O3/c1-8(2)15(24)26-14(17(19,20)16(25)18(21,22)23)13-11-4-9-3-10(6-11)7-12(13)5-9/h9-14,16,25H,1,3-7H2,2H3. The van der Waals surface area contributed by atoms with Gasteiger partial charge in [0, 0.05) is 11.5 Å². The quantitative estimate of drug-likeness (QED) is 0.442. The molecule has 4 bridgehead atoms. The maximum absolute atomic E-state index is 14.7. The predicted octanol–water partition coefficient (Wildman–Crippen LogP) is 4.11. The Bertz CT molecular complexity index is 558. The minimum atomic E-state index is -5.51. The molecule has 4 fully saturated rings. The van der Waals surface area contributed by atoms with E-state index in [9.17, 15) is 31.9 Å². The van der Waals surface area contributed by atoms with Crippen molar-refractivity contribution in [3.63, 3.8) is 0 Å². The summed E-state index contributed by atoms with van der Waals surface area (Å²) < 4.78 is 72.8. The number of alkyl halides is 5. The van der Waals surface area contributed by atoms with E-state index in [0.29, 0.717) is 37.5 Å². The molecule has 0 aromatic rings. The van der Waals surface area contributed by atoms with Gasteiger partial charge in [-0.2, -0.15) is 22.0 Å². The number of carbonyl (C=O) groups is 1. The SMILES string of the molecule is C=C(C)C(=O)OC(C1C2CC3CC(C2)CC1C3)C(F)(F)C(O)C(F)(F)F. The van der Waals surface area contributed by atoms with E-state index in [0.717, 1.165) is 6.42 Å². The summed E-state index contributed by atoms with van der Waals surface area (Å²) in [6.45, 7) is 4.56. The van der Waals surface area contributed by atoms with Crippen LogP contribution in [-0.2, 0) is 9.53 Å². The van der Waals surface area contributed by atoms with E-state index in [1.165, 1.54) is 6.92 Å². The van der Waals surface area contributed by atoms with Crippen molar-refractivity contribution in [2.45, 2.75) is 63.3 Å². The number of hydrogen-bond acceptors (Lipinski definition) is 3. The van der Waals surface area contributed by atoms with Crippen molar-refractivity contribution in [2.24, 2.45) is 29.6 Å². The number of halogens is 5. The normalized spacial score (nSPS) is 35.9. The summed E-state index contributed by atoms with van der Waals surface area (Å²) in [7, 11) is 0. The van der Waals surface area contributed by atoms with E-state index in [1.807, 2.05) is 0 Å². The van der Waals surface area contributed by atoms with Crippen LogP contribution < -0.4 is 0 Å². The summed E-state index contributed by atoms with van der Waals surface area (Å²) in [6.07, 6.45) is -8.00. The number of rotatable bonds is 5. The van der Waals surface area contributed by atoms with Crippen molar-refractivity contribution < 1.29 is 36.6 Å². The Morgan fingerprint density at radius 1 is 1.04 bits per heavy atom. The van der Waals surface area contributed by atoms with Crippen molar-refractivity contribution in [3.8, 4) is 0 Å². The second-order valence-corrected chi connectivity index (χ2v) is 8.23. The number of aliphatic hydroxyl groups excluding tert-OH is 1. The fraction of sp³-hybridized carbons (Fsp3) is 0.833. The van der Waals surface area contributed by atoms with Gasteiger partial charge in [-0.05, 0) is 62.7 Å². The third-order valence-electron chi connectivity index (χ3n) is 6.29. The first-order valence-electron chi connectivity index (χ1n) is 8.90. The third kappa shape index (κ3) is 3.37.